The van der Waals surface area contributed by atoms with Crippen molar-refractivity contribution in [1.82, 2.24) is 10.2 Å². The van der Waals surface area contributed by atoms with E-state index in [9.17, 15) is 14.7 Å². The van der Waals surface area contributed by atoms with Gasteiger partial charge in [-0.15, -0.1) is 0 Å². The van der Waals surface area contributed by atoms with Crippen LogP contribution in [0.1, 0.15) is 79.1 Å². The Labute approximate surface area is 156 Å². The van der Waals surface area contributed by atoms with Crippen molar-refractivity contribution in [2.24, 2.45) is 0 Å². The molecule has 4 heterocycles. The van der Waals surface area contributed by atoms with Gasteiger partial charge in [-0.1, -0.05) is 0 Å². The van der Waals surface area contributed by atoms with Crippen molar-refractivity contribution in [3.8, 4) is 0 Å². The number of nitrogens with zero attached hydrogens (tertiary/aromatic N) is 1. The van der Waals surface area contributed by atoms with Gasteiger partial charge in [0.25, 0.3) is 0 Å². The Morgan fingerprint density at radius 3 is 2.12 bits per heavy atom. The number of hydrogen-bond donors (Lipinski definition) is 2. The molecule has 4 saturated heterocycles. The second-order valence-electron chi connectivity index (χ2n) is 9.55. The number of aldehydes is 1. The molecule has 0 spiro atoms. The zero-order valence-corrected chi connectivity index (χ0v) is 16.6. The fourth-order valence-electron chi connectivity index (χ4n) is 5.15. The van der Waals surface area contributed by atoms with Gasteiger partial charge in [0.2, 0.25) is 0 Å². The maximum atomic E-state index is 12.0. The lowest BCUT2D eigenvalue weighted by Crippen LogP contribution is -2.48. The van der Waals surface area contributed by atoms with E-state index in [1.165, 1.54) is 25.7 Å². The van der Waals surface area contributed by atoms with Crippen LogP contribution in [0.4, 0.5) is 4.79 Å². The Morgan fingerprint density at radius 2 is 1.77 bits per heavy atom. The highest BCUT2D eigenvalue weighted by Gasteiger charge is 2.55. The molecule has 0 radical (unpaired) electrons. The minimum absolute atomic E-state index is 0.116. The summed E-state index contributed by atoms with van der Waals surface area (Å²) >= 11 is 0. The van der Waals surface area contributed by atoms with Gasteiger partial charge in [-0.25, -0.2) is 4.79 Å². The smallest absolute Gasteiger partial charge is 0.411 e. The molecule has 1 amide bonds. The van der Waals surface area contributed by atoms with Gasteiger partial charge in [0.05, 0.1) is 6.10 Å². The molecule has 4 aliphatic rings. The lowest BCUT2D eigenvalue weighted by atomic mass is 9.84. The van der Waals surface area contributed by atoms with Crippen LogP contribution in [-0.4, -0.2) is 57.3 Å². The standard InChI is InChI=1S/C12H19NO3.C8H15NO/c1-11(2,3)16-10(15)13-9-4-6-12(13,8-14)7-5-9;1-6(10)8-4-2-7(9-8)3-5-8/h8-9H,4-7H2,1-3H3;6-7,9-10H,2-5H2,1H3. The molecule has 0 aromatic rings. The Kier molecular flexibility index (Phi) is 5.12. The Balaban J connectivity index is 0.000000167. The summed E-state index contributed by atoms with van der Waals surface area (Å²) in [7, 11) is 0. The molecule has 26 heavy (non-hydrogen) atoms. The minimum Gasteiger partial charge on any atom is -0.444 e. The number of rotatable bonds is 2. The Bertz CT molecular complexity index is 539. The minimum atomic E-state index is -0.562. The number of nitrogens with one attached hydrogen (secondary N) is 1. The average Bonchev–Trinajstić information content (AvgIpc) is 3.33. The third kappa shape index (κ3) is 3.50. The molecule has 1 unspecified atom stereocenters. The highest BCUT2D eigenvalue weighted by atomic mass is 16.6. The first-order valence-electron chi connectivity index (χ1n) is 10.1. The molecular formula is C20H34N2O4. The van der Waals surface area contributed by atoms with Crippen molar-refractivity contribution in [2.45, 2.75) is 114 Å². The predicted octanol–water partition coefficient (Wildman–Crippen LogP) is 2.77. The first-order valence-corrected chi connectivity index (χ1v) is 10.1. The number of ether oxygens (including phenoxy) is 1. The molecule has 4 rings (SSSR count). The van der Waals surface area contributed by atoms with Crippen molar-refractivity contribution in [2.75, 3.05) is 0 Å². The van der Waals surface area contributed by atoms with Gasteiger partial charge in [0.15, 0.2) is 0 Å². The molecule has 6 heteroatoms. The van der Waals surface area contributed by atoms with E-state index in [0.717, 1.165) is 38.0 Å². The summed E-state index contributed by atoms with van der Waals surface area (Å²) in [5, 5.41) is 13.0. The number of aliphatic hydroxyl groups is 1. The van der Waals surface area contributed by atoms with E-state index in [0.29, 0.717) is 0 Å². The first kappa shape index (κ1) is 19.6. The number of hydrogen-bond acceptors (Lipinski definition) is 5. The van der Waals surface area contributed by atoms with Gasteiger partial charge >= 0.3 is 6.09 Å². The van der Waals surface area contributed by atoms with E-state index in [4.69, 9.17) is 4.74 Å². The fourth-order valence-corrected chi connectivity index (χ4v) is 5.15. The van der Waals surface area contributed by atoms with Crippen LogP contribution in [0.3, 0.4) is 0 Å². The summed E-state index contributed by atoms with van der Waals surface area (Å²) in [5.41, 5.74) is -0.944. The van der Waals surface area contributed by atoms with Gasteiger partial charge in [-0.2, -0.15) is 0 Å². The van der Waals surface area contributed by atoms with Crippen LogP contribution < -0.4 is 5.32 Å². The summed E-state index contributed by atoms with van der Waals surface area (Å²) in [5.74, 6) is 0. The number of carbonyl (C=O) groups is 2. The number of amides is 1. The molecule has 2 N–H and O–H groups in total. The molecule has 4 fully saturated rings. The van der Waals surface area contributed by atoms with Crippen molar-refractivity contribution in [3.05, 3.63) is 0 Å². The van der Waals surface area contributed by atoms with Crippen LogP contribution in [0.2, 0.25) is 0 Å². The van der Waals surface area contributed by atoms with E-state index in [2.05, 4.69) is 5.32 Å². The van der Waals surface area contributed by atoms with Crippen LogP contribution in [0.5, 0.6) is 0 Å². The molecule has 6 nitrogen and oxygen atoms in total. The normalized spacial score (nSPS) is 38.7. The molecule has 4 bridgehead atoms. The van der Waals surface area contributed by atoms with Crippen LogP contribution in [0.25, 0.3) is 0 Å². The van der Waals surface area contributed by atoms with Gasteiger partial charge < -0.3 is 20.0 Å². The molecule has 0 aliphatic carbocycles. The van der Waals surface area contributed by atoms with Gasteiger partial charge in [0.1, 0.15) is 17.4 Å². The van der Waals surface area contributed by atoms with E-state index in [-0.39, 0.29) is 23.8 Å². The van der Waals surface area contributed by atoms with Crippen LogP contribution >= 0.6 is 0 Å². The molecule has 0 saturated carbocycles. The van der Waals surface area contributed by atoms with Crippen LogP contribution in [0, 0.1) is 0 Å². The Hall–Kier alpha value is -1.14. The lowest BCUT2D eigenvalue weighted by Gasteiger charge is -2.31. The summed E-state index contributed by atoms with van der Waals surface area (Å²) in [4.78, 5) is 24.9. The molecule has 4 aliphatic heterocycles. The summed E-state index contributed by atoms with van der Waals surface area (Å²) in [6.45, 7) is 7.43. The first-order chi connectivity index (χ1) is 12.1. The summed E-state index contributed by atoms with van der Waals surface area (Å²) < 4.78 is 5.36. The lowest BCUT2D eigenvalue weighted by molar-refractivity contribution is -0.116. The second kappa shape index (κ2) is 6.79. The fraction of sp³-hybridized carbons (Fsp3) is 0.900. The average molecular weight is 367 g/mol. The predicted molar refractivity (Wildman–Crippen MR) is 98.9 cm³/mol. The SMILES string of the molecule is CC(C)(C)OC(=O)N1C2CCC1(C=O)CC2.CC(O)C12CCC(CC1)N2. The molecular weight excluding hydrogens is 332 g/mol. The molecule has 148 valence electrons. The van der Waals surface area contributed by atoms with Crippen LogP contribution in [0.15, 0.2) is 0 Å². The zero-order valence-electron chi connectivity index (χ0n) is 16.6. The zero-order chi connectivity index (χ0) is 19.2. The van der Waals surface area contributed by atoms with Crippen molar-refractivity contribution in [3.63, 3.8) is 0 Å². The Morgan fingerprint density at radius 1 is 1.19 bits per heavy atom. The van der Waals surface area contributed by atoms with Gasteiger partial charge in [-0.3, -0.25) is 4.90 Å². The summed E-state index contributed by atoms with van der Waals surface area (Å²) in [6.07, 6.45) is 8.76. The molecule has 1 atom stereocenters. The van der Waals surface area contributed by atoms with Gasteiger partial charge in [-0.05, 0) is 79.1 Å². The molecule has 0 aromatic heterocycles. The van der Waals surface area contributed by atoms with E-state index in [1.54, 1.807) is 4.90 Å². The highest BCUT2D eigenvalue weighted by molar-refractivity contribution is 5.79. The number of carbonyl (C=O) groups excluding carboxylic acids is 2. The third-order valence-electron chi connectivity index (χ3n) is 6.64. The monoisotopic (exact) mass is 366 g/mol. The topological polar surface area (TPSA) is 78.9 Å². The second-order valence-corrected chi connectivity index (χ2v) is 9.55. The van der Waals surface area contributed by atoms with Crippen molar-refractivity contribution < 1.29 is 19.4 Å². The maximum absolute atomic E-state index is 12.0. The van der Waals surface area contributed by atoms with E-state index < -0.39 is 11.1 Å². The number of aliphatic hydroxyl groups excluding tert-OH is 1. The summed E-state index contributed by atoms with van der Waals surface area (Å²) in [6, 6.07) is 0.926. The van der Waals surface area contributed by atoms with Crippen molar-refractivity contribution in [1.29, 1.82) is 0 Å². The number of fused-ring (bicyclic) bond motifs is 4. The highest BCUT2D eigenvalue weighted by Crippen LogP contribution is 2.45. The largest absolute Gasteiger partial charge is 0.444 e. The quantitative estimate of drug-likeness (QED) is 0.735. The maximum Gasteiger partial charge on any atom is 0.411 e. The molecule has 0 aromatic carbocycles. The van der Waals surface area contributed by atoms with Gasteiger partial charge in [0, 0.05) is 17.6 Å². The van der Waals surface area contributed by atoms with Crippen LogP contribution in [-0.2, 0) is 9.53 Å². The van der Waals surface area contributed by atoms with E-state index in [1.807, 2.05) is 27.7 Å². The van der Waals surface area contributed by atoms with E-state index >= 15 is 0 Å². The third-order valence-corrected chi connectivity index (χ3v) is 6.64. The van der Waals surface area contributed by atoms with Crippen molar-refractivity contribution >= 4 is 12.4 Å².